The highest BCUT2D eigenvalue weighted by Crippen LogP contribution is 2.31. The lowest BCUT2D eigenvalue weighted by molar-refractivity contribution is -0.216. The second-order valence-electron chi connectivity index (χ2n) is 4.83. The summed E-state index contributed by atoms with van der Waals surface area (Å²) >= 11 is 5.77. The molecular formula is C13H14ClF3N2O2. The van der Waals surface area contributed by atoms with E-state index in [0.717, 1.165) is 4.90 Å². The van der Waals surface area contributed by atoms with Gasteiger partial charge in [-0.3, -0.25) is 0 Å². The lowest BCUT2D eigenvalue weighted by Crippen LogP contribution is -2.50. The SMILES string of the molecule is O=C(Nc1cccc(Cl)c1)N1CCC[C@@H]1[C@H](O)C(F)(F)F. The molecule has 2 amide bonds. The van der Waals surface area contributed by atoms with Crippen LogP contribution in [0.2, 0.25) is 5.02 Å². The standard InChI is InChI=1S/C13H14ClF3N2O2/c14-8-3-1-4-9(7-8)18-12(21)19-6-2-5-10(19)11(20)13(15,16)17/h1,3-4,7,10-11,20H,2,5-6H2,(H,18,21)/t10-,11+/m1/s1. The van der Waals surface area contributed by atoms with E-state index >= 15 is 0 Å². The van der Waals surface area contributed by atoms with Gasteiger partial charge in [-0.2, -0.15) is 13.2 Å². The van der Waals surface area contributed by atoms with Gasteiger partial charge in [0.15, 0.2) is 6.10 Å². The van der Waals surface area contributed by atoms with Crippen molar-refractivity contribution in [2.24, 2.45) is 0 Å². The number of amides is 2. The molecule has 0 bridgehead atoms. The van der Waals surface area contributed by atoms with E-state index in [0.29, 0.717) is 17.1 Å². The zero-order valence-electron chi connectivity index (χ0n) is 10.9. The number of rotatable bonds is 2. The molecule has 8 heteroatoms. The zero-order valence-corrected chi connectivity index (χ0v) is 11.7. The van der Waals surface area contributed by atoms with E-state index in [1.807, 2.05) is 0 Å². The Morgan fingerprint density at radius 3 is 2.81 bits per heavy atom. The Hall–Kier alpha value is -1.47. The highest BCUT2D eigenvalue weighted by molar-refractivity contribution is 6.30. The first-order chi connectivity index (χ1) is 9.79. The van der Waals surface area contributed by atoms with Crippen molar-refractivity contribution in [3.05, 3.63) is 29.3 Å². The fourth-order valence-electron chi connectivity index (χ4n) is 2.35. The number of urea groups is 1. The molecule has 0 unspecified atom stereocenters. The number of hydrogen-bond donors (Lipinski definition) is 2. The van der Waals surface area contributed by atoms with Crippen LogP contribution in [0.25, 0.3) is 0 Å². The smallest absolute Gasteiger partial charge is 0.382 e. The van der Waals surface area contributed by atoms with E-state index in [1.54, 1.807) is 18.2 Å². The van der Waals surface area contributed by atoms with Crippen molar-refractivity contribution in [3.63, 3.8) is 0 Å². The lowest BCUT2D eigenvalue weighted by Gasteiger charge is -2.29. The summed E-state index contributed by atoms with van der Waals surface area (Å²) in [5.74, 6) is 0. The van der Waals surface area contributed by atoms with E-state index in [4.69, 9.17) is 11.6 Å². The molecule has 1 aromatic carbocycles. The normalized spacial score (nSPS) is 20.4. The molecule has 116 valence electrons. The van der Waals surface area contributed by atoms with Crippen LogP contribution in [0.15, 0.2) is 24.3 Å². The molecule has 0 radical (unpaired) electrons. The second kappa shape index (κ2) is 6.11. The molecule has 1 aromatic rings. The van der Waals surface area contributed by atoms with E-state index < -0.39 is 24.4 Å². The maximum atomic E-state index is 12.6. The van der Waals surface area contributed by atoms with Gasteiger partial charge in [0.25, 0.3) is 0 Å². The minimum Gasteiger partial charge on any atom is -0.382 e. The van der Waals surface area contributed by atoms with Crippen molar-refractivity contribution < 1.29 is 23.1 Å². The minimum atomic E-state index is -4.75. The predicted molar refractivity (Wildman–Crippen MR) is 72.3 cm³/mol. The fraction of sp³-hybridized carbons (Fsp3) is 0.462. The number of alkyl halides is 3. The van der Waals surface area contributed by atoms with E-state index in [9.17, 15) is 23.1 Å². The summed E-state index contributed by atoms with van der Waals surface area (Å²) in [5, 5.41) is 12.2. The van der Waals surface area contributed by atoms with Gasteiger partial charge in [-0.25, -0.2) is 4.79 Å². The van der Waals surface area contributed by atoms with E-state index in [1.165, 1.54) is 6.07 Å². The van der Waals surface area contributed by atoms with Crippen LogP contribution < -0.4 is 5.32 Å². The van der Waals surface area contributed by atoms with Gasteiger partial charge in [0.2, 0.25) is 0 Å². The monoisotopic (exact) mass is 322 g/mol. The molecule has 2 atom stereocenters. The molecule has 1 aliphatic heterocycles. The Kier molecular flexibility index (Phi) is 4.63. The fourth-order valence-corrected chi connectivity index (χ4v) is 2.54. The first-order valence-corrected chi connectivity index (χ1v) is 6.75. The van der Waals surface area contributed by atoms with Gasteiger partial charge in [0.05, 0.1) is 6.04 Å². The first-order valence-electron chi connectivity index (χ1n) is 6.37. The number of carbonyl (C=O) groups excluding carboxylic acids is 1. The van der Waals surface area contributed by atoms with Gasteiger partial charge in [-0.15, -0.1) is 0 Å². The maximum Gasteiger partial charge on any atom is 0.416 e. The van der Waals surface area contributed by atoms with Crippen LogP contribution in [0.1, 0.15) is 12.8 Å². The summed E-state index contributed by atoms with van der Waals surface area (Å²) < 4.78 is 37.8. The molecule has 1 heterocycles. The van der Waals surface area contributed by atoms with Gasteiger partial charge in [0, 0.05) is 17.3 Å². The number of carbonyl (C=O) groups is 1. The number of anilines is 1. The average Bonchev–Trinajstić information content (AvgIpc) is 2.85. The van der Waals surface area contributed by atoms with Gasteiger partial charge < -0.3 is 15.3 Å². The molecule has 0 spiro atoms. The predicted octanol–water partition coefficient (Wildman–Crippen LogP) is 3.26. The third-order valence-electron chi connectivity index (χ3n) is 3.34. The molecule has 2 rings (SSSR count). The molecule has 1 aliphatic rings. The van der Waals surface area contributed by atoms with Gasteiger partial charge >= 0.3 is 12.2 Å². The summed E-state index contributed by atoms with van der Waals surface area (Å²) in [4.78, 5) is 13.1. The molecule has 0 aliphatic carbocycles. The Labute approximate surface area is 124 Å². The van der Waals surface area contributed by atoms with Crippen molar-refractivity contribution in [1.82, 2.24) is 4.90 Å². The number of aliphatic hydroxyl groups excluding tert-OH is 1. The summed E-state index contributed by atoms with van der Waals surface area (Å²) in [7, 11) is 0. The quantitative estimate of drug-likeness (QED) is 0.878. The highest BCUT2D eigenvalue weighted by atomic mass is 35.5. The average molecular weight is 323 g/mol. The van der Waals surface area contributed by atoms with Gasteiger partial charge in [0.1, 0.15) is 0 Å². The molecule has 2 N–H and O–H groups in total. The molecule has 4 nitrogen and oxygen atoms in total. The van der Waals surface area contributed by atoms with Crippen LogP contribution in [-0.2, 0) is 0 Å². The maximum absolute atomic E-state index is 12.6. The van der Waals surface area contributed by atoms with Crippen LogP contribution in [0, 0.1) is 0 Å². The van der Waals surface area contributed by atoms with Crippen LogP contribution >= 0.6 is 11.6 Å². The Morgan fingerprint density at radius 1 is 1.48 bits per heavy atom. The van der Waals surface area contributed by atoms with Crippen molar-refractivity contribution in [2.45, 2.75) is 31.2 Å². The van der Waals surface area contributed by atoms with Crippen molar-refractivity contribution in [2.75, 3.05) is 11.9 Å². The van der Waals surface area contributed by atoms with Crippen molar-refractivity contribution >= 4 is 23.3 Å². The number of nitrogens with one attached hydrogen (secondary N) is 1. The number of benzene rings is 1. The van der Waals surface area contributed by atoms with E-state index in [-0.39, 0.29) is 13.0 Å². The van der Waals surface area contributed by atoms with Crippen molar-refractivity contribution in [1.29, 1.82) is 0 Å². The Morgan fingerprint density at radius 2 is 2.19 bits per heavy atom. The number of hydrogen-bond acceptors (Lipinski definition) is 2. The van der Waals surface area contributed by atoms with Crippen LogP contribution in [0.5, 0.6) is 0 Å². The van der Waals surface area contributed by atoms with Crippen LogP contribution in [-0.4, -0.2) is 40.9 Å². The molecule has 1 fully saturated rings. The van der Waals surface area contributed by atoms with Crippen LogP contribution in [0.4, 0.5) is 23.7 Å². The number of likely N-dealkylation sites (tertiary alicyclic amines) is 1. The second-order valence-corrected chi connectivity index (χ2v) is 5.27. The number of halogens is 4. The third-order valence-corrected chi connectivity index (χ3v) is 3.57. The lowest BCUT2D eigenvalue weighted by atomic mass is 10.1. The summed E-state index contributed by atoms with van der Waals surface area (Å²) in [5.41, 5.74) is 0.389. The van der Waals surface area contributed by atoms with Crippen LogP contribution in [0.3, 0.4) is 0 Å². The number of aliphatic hydroxyl groups is 1. The Balaban J connectivity index is 2.07. The minimum absolute atomic E-state index is 0.115. The Bertz CT molecular complexity index is 524. The zero-order chi connectivity index (χ0) is 15.6. The first kappa shape index (κ1) is 15.9. The highest BCUT2D eigenvalue weighted by Gasteiger charge is 2.48. The third kappa shape index (κ3) is 3.79. The van der Waals surface area contributed by atoms with E-state index in [2.05, 4.69) is 5.32 Å². The van der Waals surface area contributed by atoms with Crippen molar-refractivity contribution in [3.8, 4) is 0 Å². The summed E-state index contributed by atoms with van der Waals surface area (Å²) in [6.45, 7) is 0.171. The largest absolute Gasteiger partial charge is 0.416 e. The topological polar surface area (TPSA) is 52.6 Å². The van der Waals surface area contributed by atoms with Gasteiger partial charge in [-0.05, 0) is 31.0 Å². The summed E-state index contributed by atoms with van der Waals surface area (Å²) in [6.07, 6.45) is -6.75. The molecule has 21 heavy (non-hydrogen) atoms. The molecule has 0 aromatic heterocycles. The molecule has 1 saturated heterocycles. The summed E-state index contributed by atoms with van der Waals surface area (Å²) in [6, 6.07) is 4.36. The molecule has 0 saturated carbocycles. The van der Waals surface area contributed by atoms with Gasteiger partial charge in [-0.1, -0.05) is 17.7 Å². The molecular weight excluding hydrogens is 309 g/mol. The number of nitrogens with zero attached hydrogens (tertiary/aromatic N) is 1.